The quantitative estimate of drug-likeness (QED) is 0.431. The van der Waals surface area contributed by atoms with Crippen molar-refractivity contribution < 1.29 is 4.74 Å². The molecule has 0 saturated carbocycles. The number of hydrogen-bond acceptors (Lipinski definition) is 7. The van der Waals surface area contributed by atoms with E-state index in [2.05, 4.69) is 25.4 Å². The topological polar surface area (TPSA) is 106 Å². The minimum atomic E-state index is -0.525. The van der Waals surface area contributed by atoms with Crippen molar-refractivity contribution in [1.29, 1.82) is 5.26 Å². The van der Waals surface area contributed by atoms with Gasteiger partial charge in [0.2, 0.25) is 5.95 Å². The number of nitriles is 1. The van der Waals surface area contributed by atoms with E-state index >= 15 is 0 Å². The van der Waals surface area contributed by atoms with Gasteiger partial charge in [-0.05, 0) is 44.8 Å². The van der Waals surface area contributed by atoms with Gasteiger partial charge in [0, 0.05) is 17.7 Å². The number of anilines is 1. The molecule has 8 nitrogen and oxygen atoms in total. The minimum Gasteiger partial charge on any atom is -0.494 e. The monoisotopic (exact) mass is 416 g/mol. The van der Waals surface area contributed by atoms with Crippen LogP contribution in [0, 0.1) is 11.3 Å². The van der Waals surface area contributed by atoms with Crippen LogP contribution in [0.4, 0.5) is 5.95 Å². The standard InChI is InChI=1S/C23H24N6O2/c1-4-31-20-11-10-16(12-18(20)15-29(2)3)14-25-28-23-26-21(17-8-6-5-7-9-17)19(13-24)22(30)27-23/h5-12,14H,4,15H2,1-3H3,(H2,26,27,28,30). The zero-order valence-corrected chi connectivity index (χ0v) is 17.7. The molecule has 0 spiro atoms. The molecule has 31 heavy (non-hydrogen) atoms. The zero-order valence-electron chi connectivity index (χ0n) is 17.7. The van der Waals surface area contributed by atoms with E-state index in [1.807, 2.05) is 63.5 Å². The minimum absolute atomic E-state index is 0.0411. The Labute approximate surface area is 180 Å². The number of H-pyrrole nitrogens is 1. The second-order valence-corrected chi connectivity index (χ2v) is 7.02. The first-order chi connectivity index (χ1) is 15.0. The molecule has 1 aromatic heterocycles. The molecular weight excluding hydrogens is 392 g/mol. The Hall–Kier alpha value is -3.96. The maximum atomic E-state index is 12.3. The summed E-state index contributed by atoms with van der Waals surface area (Å²) in [5.74, 6) is 0.991. The van der Waals surface area contributed by atoms with Gasteiger partial charge in [-0.1, -0.05) is 30.3 Å². The van der Waals surface area contributed by atoms with E-state index in [9.17, 15) is 10.1 Å². The molecule has 0 aliphatic carbocycles. The summed E-state index contributed by atoms with van der Waals surface area (Å²) in [7, 11) is 3.99. The van der Waals surface area contributed by atoms with Crippen LogP contribution in [-0.4, -0.2) is 41.8 Å². The highest BCUT2D eigenvalue weighted by Gasteiger charge is 2.13. The van der Waals surface area contributed by atoms with E-state index in [-0.39, 0.29) is 11.5 Å². The van der Waals surface area contributed by atoms with Gasteiger partial charge in [0.25, 0.3) is 5.56 Å². The third-order valence-corrected chi connectivity index (χ3v) is 4.33. The molecule has 0 fully saturated rings. The van der Waals surface area contributed by atoms with Crippen molar-refractivity contribution in [3.63, 3.8) is 0 Å². The average Bonchev–Trinajstić information content (AvgIpc) is 2.75. The van der Waals surface area contributed by atoms with Crippen LogP contribution < -0.4 is 15.7 Å². The van der Waals surface area contributed by atoms with Crippen LogP contribution in [0.15, 0.2) is 58.4 Å². The van der Waals surface area contributed by atoms with Crippen molar-refractivity contribution in [1.82, 2.24) is 14.9 Å². The molecule has 0 aliphatic rings. The van der Waals surface area contributed by atoms with Gasteiger partial charge in [0.15, 0.2) is 0 Å². The van der Waals surface area contributed by atoms with Crippen LogP contribution in [0.25, 0.3) is 11.3 Å². The van der Waals surface area contributed by atoms with Gasteiger partial charge in [-0.2, -0.15) is 10.4 Å². The molecule has 0 atom stereocenters. The Balaban J connectivity index is 1.85. The molecule has 158 valence electrons. The normalized spacial score (nSPS) is 10.9. The molecule has 0 radical (unpaired) electrons. The molecule has 3 rings (SSSR count). The Morgan fingerprint density at radius 1 is 1.26 bits per heavy atom. The fourth-order valence-corrected chi connectivity index (χ4v) is 3.04. The van der Waals surface area contributed by atoms with Crippen LogP contribution >= 0.6 is 0 Å². The first-order valence-corrected chi connectivity index (χ1v) is 9.81. The molecule has 0 saturated heterocycles. The summed E-state index contributed by atoms with van der Waals surface area (Å²) >= 11 is 0. The number of ether oxygens (including phenoxy) is 1. The fourth-order valence-electron chi connectivity index (χ4n) is 3.04. The van der Waals surface area contributed by atoms with Gasteiger partial charge in [0.05, 0.1) is 18.5 Å². The van der Waals surface area contributed by atoms with E-state index in [1.54, 1.807) is 18.3 Å². The number of rotatable bonds is 8. The van der Waals surface area contributed by atoms with Crippen LogP contribution in [0.5, 0.6) is 5.75 Å². The number of aromatic nitrogens is 2. The summed E-state index contributed by atoms with van der Waals surface area (Å²) < 4.78 is 5.69. The van der Waals surface area contributed by atoms with Gasteiger partial charge < -0.3 is 9.64 Å². The Bertz CT molecular complexity index is 1160. The number of hydrogen-bond donors (Lipinski definition) is 2. The fraction of sp³-hybridized carbons (Fsp3) is 0.217. The number of hydrazone groups is 1. The molecule has 8 heteroatoms. The van der Waals surface area contributed by atoms with Gasteiger partial charge in [-0.25, -0.2) is 10.4 Å². The van der Waals surface area contributed by atoms with E-state index in [0.29, 0.717) is 17.9 Å². The van der Waals surface area contributed by atoms with E-state index in [4.69, 9.17) is 4.74 Å². The van der Waals surface area contributed by atoms with Crippen molar-refractivity contribution in [2.24, 2.45) is 5.10 Å². The largest absolute Gasteiger partial charge is 0.494 e. The van der Waals surface area contributed by atoms with Crippen LogP contribution in [-0.2, 0) is 6.54 Å². The van der Waals surface area contributed by atoms with E-state index < -0.39 is 5.56 Å². The highest BCUT2D eigenvalue weighted by molar-refractivity contribution is 5.81. The lowest BCUT2D eigenvalue weighted by Crippen LogP contribution is -2.16. The van der Waals surface area contributed by atoms with Crippen molar-refractivity contribution in [2.75, 3.05) is 26.1 Å². The number of nitrogens with zero attached hydrogens (tertiary/aromatic N) is 4. The van der Waals surface area contributed by atoms with Crippen molar-refractivity contribution in [3.05, 3.63) is 75.6 Å². The predicted octanol–water partition coefficient (Wildman–Crippen LogP) is 3.21. The maximum Gasteiger partial charge on any atom is 0.270 e. The van der Waals surface area contributed by atoms with E-state index in [1.165, 1.54) is 0 Å². The van der Waals surface area contributed by atoms with Gasteiger partial charge >= 0.3 is 0 Å². The zero-order chi connectivity index (χ0) is 22.2. The Morgan fingerprint density at radius 3 is 2.71 bits per heavy atom. The lowest BCUT2D eigenvalue weighted by Gasteiger charge is -2.15. The molecule has 0 unspecified atom stereocenters. The first kappa shape index (κ1) is 21.7. The Morgan fingerprint density at radius 2 is 2.03 bits per heavy atom. The number of nitrogens with one attached hydrogen (secondary N) is 2. The molecule has 3 aromatic rings. The predicted molar refractivity (Wildman–Crippen MR) is 121 cm³/mol. The van der Waals surface area contributed by atoms with Crippen LogP contribution in [0.3, 0.4) is 0 Å². The highest BCUT2D eigenvalue weighted by atomic mass is 16.5. The molecule has 2 N–H and O–H groups in total. The summed E-state index contributed by atoms with van der Waals surface area (Å²) in [5, 5.41) is 13.5. The lowest BCUT2D eigenvalue weighted by atomic mass is 10.1. The molecular formula is C23H24N6O2. The molecule has 1 heterocycles. The SMILES string of the molecule is CCOc1ccc(C=NNc2nc(-c3ccccc3)c(C#N)c(=O)[nH]2)cc1CN(C)C. The van der Waals surface area contributed by atoms with Crippen molar-refractivity contribution in [3.8, 4) is 23.1 Å². The van der Waals surface area contributed by atoms with Crippen molar-refractivity contribution in [2.45, 2.75) is 13.5 Å². The third kappa shape index (κ3) is 5.56. The van der Waals surface area contributed by atoms with Crippen LogP contribution in [0.1, 0.15) is 23.6 Å². The summed E-state index contributed by atoms with van der Waals surface area (Å²) in [6, 6.07) is 16.8. The summed E-state index contributed by atoms with van der Waals surface area (Å²) in [6.45, 7) is 3.28. The maximum absolute atomic E-state index is 12.3. The molecule has 0 aliphatic heterocycles. The summed E-state index contributed by atoms with van der Waals surface area (Å²) in [4.78, 5) is 21.3. The van der Waals surface area contributed by atoms with Gasteiger partial charge in [0.1, 0.15) is 17.4 Å². The molecule has 0 bridgehead atoms. The Kier molecular flexibility index (Phi) is 7.14. The summed E-state index contributed by atoms with van der Waals surface area (Å²) in [6.07, 6.45) is 1.63. The van der Waals surface area contributed by atoms with Gasteiger partial charge in [-0.3, -0.25) is 9.78 Å². The average molecular weight is 416 g/mol. The first-order valence-electron chi connectivity index (χ1n) is 9.81. The summed E-state index contributed by atoms with van der Waals surface area (Å²) in [5.41, 5.74) is 5.08. The van der Waals surface area contributed by atoms with Gasteiger partial charge in [-0.15, -0.1) is 0 Å². The number of aromatic amines is 1. The number of benzene rings is 2. The van der Waals surface area contributed by atoms with Crippen molar-refractivity contribution >= 4 is 12.2 Å². The van der Waals surface area contributed by atoms with Crippen LogP contribution in [0.2, 0.25) is 0 Å². The second-order valence-electron chi connectivity index (χ2n) is 7.02. The smallest absolute Gasteiger partial charge is 0.270 e. The van der Waals surface area contributed by atoms with E-state index in [0.717, 1.165) is 23.4 Å². The molecule has 0 amide bonds. The molecule has 2 aromatic carbocycles. The third-order valence-electron chi connectivity index (χ3n) is 4.33. The second kappa shape index (κ2) is 10.2. The lowest BCUT2D eigenvalue weighted by molar-refractivity contribution is 0.325. The highest BCUT2D eigenvalue weighted by Crippen LogP contribution is 2.21.